The Hall–Kier alpha value is -1.02. The maximum atomic E-state index is 5.91. The molecule has 0 aliphatic rings. The summed E-state index contributed by atoms with van der Waals surface area (Å²) in [7, 11) is 0. The van der Waals surface area contributed by atoms with Crippen LogP contribution in [0.2, 0.25) is 0 Å². The van der Waals surface area contributed by atoms with E-state index in [1.807, 2.05) is 6.07 Å². The largest absolute Gasteiger partial charge is 0.491 e. The molecule has 0 spiro atoms. The van der Waals surface area contributed by atoms with E-state index in [4.69, 9.17) is 4.74 Å². The maximum Gasteiger partial charge on any atom is 0.124 e. The first-order valence-corrected chi connectivity index (χ1v) is 7.03. The van der Waals surface area contributed by atoms with Crippen molar-refractivity contribution >= 4 is 0 Å². The number of benzene rings is 1. The minimum Gasteiger partial charge on any atom is -0.491 e. The van der Waals surface area contributed by atoms with Crippen molar-refractivity contribution in [3.8, 4) is 5.75 Å². The average Bonchev–Trinajstić information content (AvgIpc) is 2.28. The van der Waals surface area contributed by atoms with Crippen molar-refractivity contribution in [2.45, 2.75) is 53.2 Å². The van der Waals surface area contributed by atoms with Crippen molar-refractivity contribution in [3.63, 3.8) is 0 Å². The van der Waals surface area contributed by atoms with E-state index in [0.29, 0.717) is 12.0 Å². The first kappa shape index (κ1) is 15.0. The summed E-state index contributed by atoms with van der Waals surface area (Å²) in [6.45, 7) is 11.8. The molecular formula is C16H27NO. The zero-order chi connectivity index (χ0) is 13.5. The Bertz CT molecular complexity index is 347. The van der Waals surface area contributed by atoms with Crippen LogP contribution in [0.15, 0.2) is 24.3 Å². The van der Waals surface area contributed by atoms with Gasteiger partial charge in [-0.25, -0.2) is 0 Å². The van der Waals surface area contributed by atoms with Crippen LogP contribution in [0, 0.1) is 5.92 Å². The summed E-state index contributed by atoms with van der Waals surface area (Å²) < 4.78 is 5.91. The summed E-state index contributed by atoms with van der Waals surface area (Å²) in [4.78, 5) is 0. The normalized spacial score (nSPS) is 13.1. The molecule has 0 saturated heterocycles. The van der Waals surface area contributed by atoms with Gasteiger partial charge in [0.15, 0.2) is 0 Å². The van der Waals surface area contributed by atoms with Crippen LogP contribution in [0.4, 0.5) is 0 Å². The van der Waals surface area contributed by atoms with Crippen molar-refractivity contribution < 1.29 is 4.74 Å². The van der Waals surface area contributed by atoms with Gasteiger partial charge in [-0.1, -0.05) is 39.0 Å². The second-order valence-corrected chi connectivity index (χ2v) is 5.44. The summed E-state index contributed by atoms with van der Waals surface area (Å²) in [5.41, 5.74) is 1.28. The third-order valence-corrected chi connectivity index (χ3v) is 2.81. The van der Waals surface area contributed by atoms with Crippen molar-refractivity contribution in [3.05, 3.63) is 29.8 Å². The van der Waals surface area contributed by atoms with E-state index in [-0.39, 0.29) is 6.10 Å². The SMILES string of the molecule is CCNC(CC(C)C)c1ccccc1OC(C)C. The van der Waals surface area contributed by atoms with Gasteiger partial charge in [-0.15, -0.1) is 0 Å². The van der Waals surface area contributed by atoms with E-state index in [0.717, 1.165) is 18.7 Å². The van der Waals surface area contributed by atoms with Crippen LogP contribution < -0.4 is 10.1 Å². The molecule has 0 heterocycles. The molecule has 1 N–H and O–H groups in total. The predicted molar refractivity (Wildman–Crippen MR) is 78.1 cm³/mol. The molecule has 1 aromatic rings. The van der Waals surface area contributed by atoms with Gasteiger partial charge < -0.3 is 10.1 Å². The van der Waals surface area contributed by atoms with Crippen LogP contribution in [-0.2, 0) is 0 Å². The van der Waals surface area contributed by atoms with Gasteiger partial charge >= 0.3 is 0 Å². The summed E-state index contributed by atoms with van der Waals surface area (Å²) in [5, 5.41) is 3.56. The molecule has 0 radical (unpaired) electrons. The van der Waals surface area contributed by atoms with Gasteiger partial charge in [0.05, 0.1) is 6.10 Å². The molecule has 0 saturated carbocycles. The van der Waals surface area contributed by atoms with Crippen molar-refractivity contribution in [2.75, 3.05) is 6.54 Å². The second kappa shape index (κ2) is 7.42. The molecule has 0 amide bonds. The molecule has 102 valence electrons. The van der Waals surface area contributed by atoms with E-state index in [9.17, 15) is 0 Å². The lowest BCUT2D eigenvalue weighted by atomic mass is 9.96. The topological polar surface area (TPSA) is 21.3 Å². The van der Waals surface area contributed by atoms with E-state index in [1.165, 1.54) is 5.56 Å². The van der Waals surface area contributed by atoms with Crippen LogP contribution in [0.1, 0.15) is 52.6 Å². The second-order valence-electron chi connectivity index (χ2n) is 5.44. The molecule has 1 rings (SSSR count). The third kappa shape index (κ3) is 4.69. The molecule has 0 aromatic heterocycles. The van der Waals surface area contributed by atoms with Crippen molar-refractivity contribution in [1.82, 2.24) is 5.32 Å². The fourth-order valence-corrected chi connectivity index (χ4v) is 2.17. The van der Waals surface area contributed by atoms with Crippen LogP contribution in [0.25, 0.3) is 0 Å². The highest BCUT2D eigenvalue weighted by molar-refractivity contribution is 5.36. The van der Waals surface area contributed by atoms with Crippen molar-refractivity contribution in [1.29, 1.82) is 0 Å². The fraction of sp³-hybridized carbons (Fsp3) is 0.625. The Labute approximate surface area is 112 Å². The zero-order valence-electron chi connectivity index (χ0n) is 12.4. The van der Waals surface area contributed by atoms with E-state index >= 15 is 0 Å². The van der Waals surface area contributed by atoms with Crippen molar-refractivity contribution in [2.24, 2.45) is 5.92 Å². The molecule has 0 aliphatic carbocycles. The van der Waals surface area contributed by atoms with E-state index in [2.05, 4.69) is 58.1 Å². The molecule has 1 atom stereocenters. The monoisotopic (exact) mass is 249 g/mol. The molecule has 1 aromatic carbocycles. The average molecular weight is 249 g/mol. The minimum absolute atomic E-state index is 0.215. The quantitative estimate of drug-likeness (QED) is 0.783. The molecule has 0 bridgehead atoms. The van der Waals surface area contributed by atoms with Gasteiger partial charge in [-0.2, -0.15) is 0 Å². The van der Waals surface area contributed by atoms with E-state index < -0.39 is 0 Å². The van der Waals surface area contributed by atoms with Crippen LogP contribution >= 0.6 is 0 Å². The Balaban J connectivity index is 2.94. The van der Waals surface area contributed by atoms with Crippen LogP contribution in [-0.4, -0.2) is 12.6 Å². The summed E-state index contributed by atoms with van der Waals surface area (Å²) in [5.74, 6) is 1.68. The molecule has 2 nitrogen and oxygen atoms in total. The van der Waals surface area contributed by atoms with Crippen LogP contribution in [0.5, 0.6) is 5.75 Å². The Morgan fingerprint density at radius 3 is 2.33 bits per heavy atom. The third-order valence-electron chi connectivity index (χ3n) is 2.81. The zero-order valence-corrected chi connectivity index (χ0v) is 12.4. The highest BCUT2D eigenvalue weighted by Gasteiger charge is 2.16. The van der Waals surface area contributed by atoms with Crippen LogP contribution in [0.3, 0.4) is 0 Å². The lowest BCUT2D eigenvalue weighted by molar-refractivity contribution is 0.236. The molecular weight excluding hydrogens is 222 g/mol. The number of hydrogen-bond donors (Lipinski definition) is 1. The molecule has 0 fully saturated rings. The number of rotatable bonds is 7. The first-order chi connectivity index (χ1) is 8.54. The smallest absolute Gasteiger partial charge is 0.124 e. The van der Waals surface area contributed by atoms with Gasteiger partial charge in [0.2, 0.25) is 0 Å². The molecule has 0 aliphatic heterocycles. The summed E-state index contributed by atoms with van der Waals surface area (Å²) in [6, 6.07) is 8.75. The lowest BCUT2D eigenvalue weighted by Gasteiger charge is -2.24. The maximum absolute atomic E-state index is 5.91. The highest BCUT2D eigenvalue weighted by Crippen LogP contribution is 2.30. The van der Waals surface area contributed by atoms with Gasteiger partial charge in [0, 0.05) is 11.6 Å². The molecule has 18 heavy (non-hydrogen) atoms. The number of hydrogen-bond acceptors (Lipinski definition) is 2. The predicted octanol–water partition coefficient (Wildman–Crippen LogP) is 4.17. The first-order valence-electron chi connectivity index (χ1n) is 7.03. The highest BCUT2D eigenvalue weighted by atomic mass is 16.5. The number of ether oxygens (including phenoxy) is 1. The van der Waals surface area contributed by atoms with Gasteiger partial charge in [0.1, 0.15) is 5.75 Å². The molecule has 1 unspecified atom stereocenters. The number of para-hydroxylation sites is 1. The summed E-state index contributed by atoms with van der Waals surface area (Å²) >= 11 is 0. The minimum atomic E-state index is 0.215. The van der Waals surface area contributed by atoms with Gasteiger partial charge in [-0.05, 0) is 38.8 Å². The summed E-state index contributed by atoms with van der Waals surface area (Å²) in [6.07, 6.45) is 1.35. The number of nitrogens with one attached hydrogen (secondary N) is 1. The van der Waals surface area contributed by atoms with E-state index in [1.54, 1.807) is 0 Å². The molecule has 2 heteroatoms. The standard InChI is InChI=1S/C16H27NO/c1-6-17-15(11-12(2)3)14-9-7-8-10-16(14)18-13(4)5/h7-10,12-13,15,17H,6,11H2,1-5H3. The fourth-order valence-electron chi connectivity index (χ4n) is 2.17. The Kier molecular flexibility index (Phi) is 6.20. The van der Waals surface area contributed by atoms with Gasteiger partial charge in [-0.3, -0.25) is 0 Å². The lowest BCUT2D eigenvalue weighted by Crippen LogP contribution is -2.23. The Morgan fingerprint density at radius 2 is 1.78 bits per heavy atom. The van der Waals surface area contributed by atoms with Gasteiger partial charge in [0.25, 0.3) is 0 Å². The Morgan fingerprint density at radius 1 is 1.11 bits per heavy atom.